The summed E-state index contributed by atoms with van der Waals surface area (Å²) in [6.45, 7) is 0. The van der Waals surface area contributed by atoms with Crippen LogP contribution in [0.2, 0.25) is 0 Å². The first kappa shape index (κ1) is 27.3. The third-order valence-corrected chi connectivity index (χ3v) is 9.55. The molecule has 4 saturated carbocycles. The molecule has 4 fully saturated rings. The molecule has 1 amide bonds. The van der Waals surface area contributed by atoms with Crippen LogP contribution in [0.25, 0.3) is 16.7 Å². The highest BCUT2D eigenvalue weighted by Crippen LogP contribution is 2.54. The predicted octanol–water partition coefficient (Wildman–Crippen LogP) is 4.76. The first-order valence-corrected chi connectivity index (χ1v) is 14.8. The van der Waals surface area contributed by atoms with Crippen LogP contribution in [0.5, 0.6) is 5.88 Å². The number of amides is 1. The van der Waals surface area contributed by atoms with E-state index in [9.17, 15) is 14.4 Å². The Morgan fingerprint density at radius 1 is 1.00 bits per heavy atom. The number of nitrogens with zero attached hydrogens (tertiary/aromatic N) is 2. The number of nitrogens with two attached hydrogens (primary N) is 1. The summed E-state index contributed by atoms with van der Waals surface area (Å²) in [6.07, 6.45) is 6.20. The molecule has 0 spiro atoms. The zero-order valence-electron chi connectivity index (χ0n) is 24.0. The van der Waals surface area contributed by atoms with E-state index >= 15 is 0 Å². The van der Waals surface area contributed by atoms with Crippen LogP contribution >= 0.6 is 0 Å². The molecular weight excluding hydrogens is 544 g/mol. The second-order valence-electron chi connectivity index (χ2n) is 12.4. The third kappa shape index (κ3) is 4.97. The summed E-state index contributed by atoms with van der Waals surface area (Å²) in [7, 11) is 1.22. The fraction of sp³-hybridized carbons (Fsp3) is 0.353. The number of hydrogen-bond donors (Lipinski definition) is 2. The maximum absolute atomic E-state index is 13.8. The summed E-state index contributed by atoms with van der Waals surface area (Å²) in [5.74, 6) is 1.53. The van der Waals surface area contributed by atoms with Crippen molar-refractivity contribution in [2.75, 3.05) is 7.11 Å². The van der Waals surface area contributed by atoms with Gasteiger partial charge in [-0.3, -0.25) is 14.2 Å². The van der Waals surface area contributed by atoms with Crippen molar-refractivity contribution in [2.24, 2.45) is 23.5 Å². The first-order chi connectivity index (χ1) is 20.8. The van der Waals surface area contributed by atoms with E-state index in [1.54, 1.807) is 35.0 Å². The van der Waals surface area contributed by atoms with Gasteiger partial charge in [0.1, 0.15) is 0 Å². The Balaban J connectivity index is 1.19. The van der Waals surface area contributed by atoms with Crippen LogP contribution in [0.3, 0.4) is 0 Å². The molecule has 4 aliphatic carbocycles. The van der Waals surface area contributed by atoms with E-state index in [1.807, 2.05) is 42.5 Å². The standard InChI is InChI=1S/C34H34N4O5/c1-42-33(41)43-32-27(29(39)26-8-5-13-36-30(26)38(32)25-6-3-2-4-7-25)16-20-9-11-22(12-10-20)31(40)37-28-23-14-21-15-24(28)19-34(35,17-21)18-23/h2-13,21,23-24,28H,14-19,35H2,1H3,(H,37,40)/t21?,23-,24+,28?,34?. The average molecular weight is 579 g/mol. The van der Waals surface area contributed by atoms with Gasteiger partial charge in [-0.15, -0.1) is 0 Å². The van der Waals surface area contributed by atoms with E-state index in [4.69, 9.17) is 15.2 Å². The highest BCUT2D eigenvalue weighted by Gasteiger charge is 2.54. The molecule has 4 aliphatic rings. The second-order valence-corrected chi connectivity index (χ2v) is 12.4. The molecule has 3 N–H and O–H groups in total. The fourth-order valence-electron chi connectivity index (χ4n) is 7.98. The van der Waals surface area contributed by atoms with Crippen molar-refractivity contribution < 1.29 is 19.1 Å². The Labute approximate surface area is 249 Å². The topological polar surface area (TPSA) is 126 Å². The van der Waals surface area contributed by atoms with Gasteiger partial charge >= 0.3 is 6.16 Å². The van der Waals surface area contributed by atoms with E-state index < -0.39 is 6.16 Å². The lowest BCUT2D eigenvalue weighted by Gasteiger charge is -2.58. The zero-order valence-corrected chi connectivity index (χ0v) is 24.0. The van der Waals surface area contributed by atoms with Gasteiger partial charge in [0.05, 0.1) is 23.7 Å². The summed E-state index contributed by atoms with van der Waals surface area (Å²) in [5, 5.41) is 3.72. The summed E-state index contributed by atoms with van der Waals surface area (Å²) in [6, 6.07) is 20.1. The molecule has 2 aromatic carbocycles. The lowest BCUT2D eigenvalue weighted by atomic mass is 9.51. The average Bonchev–Trinajstić information content (AvgIpc) is 3.01. The summed E-state index contributed by atoms with van der Waals surface area (Å²) in [5.41, 5.74) is 8.97. The Morgan fingerprint density at radius 2 is 1.72 bits per heavy atom. The number of benzene rings is 2. The summed E-state index contributed by atoms with van der Waals surface area (Å²) in [4.78, 5) is 43.9. The zero-order chi connectivity index (χ0) is 29.7. The Bertz CT molecular complexity index is 1750. The molecule has 3 unspecified atom stereocenters. The minimum Gasteiger partial charge on any atom is -0.437 e. The van der Waals surface area contributed by atoms with Crippen molar-refractivity contribution in [3.05, 3.63) is 99.8 Å². The highest BCUT2D eigenvalue weighted by atomic mass is 16.7. The van der Waals surface area contributed by atoms with E-state index in [-0.39, 0.29) is 40.8 Å². The maximum Gasteiger partial charge on any atom is 0.514 e. The molecule has 0 aliphatic heterocycles. The number of hydrogen-bond acceptors (Lipinski definition) is 7. The molecule has 5 atom stereocenters. The molecule has 4 bridgehead atoms. The third-order valence-electron chi connectivity index (χ3n) is 9.55. The van der Waals surface area contributed by atoms with E-state index in [0.29, 0.717) is 40.0 Å². The van der Waals surface area contributed by atoms with Crippen LogP contribution in [0.15, 0.2) is 77.7 Å². The highest BCUT2D eigenvalue weighted by molar-refractivity contribution is 5.94. The summed E-state index contributed by atoms with van der Waals surface area (Å²) < 4.78 is 12.1. The van der Waals surface area contributed by atoms with Crippen molar-refractivity contribution in [2.45, 2.75) is 50.1 Å². The minimum atomic E-state index is -0.946. The number of carbonyl (C=O) groups excluding carboxylic acids is 2. The number of ether oxygens (including phenoxy) is 2. The molecule has 220 valence electrons. The number of aromatic nitrogens is 2. The Morgan fingerprint density at radius 3 is 2.40 bits per heavy atom. The quantitative estimate of drug-likeness (QED) is 0.316. The largest absolute Gasteiger partial charge is 0.514 e. The number of carbonyl (C=O) groups is 2. The van der Waals surface area contributed by atoms with Crippen LogP contribution in [-0.2, 0) is 11.2 Å². The van der Waals surface area contributed by atoms with E-state index in [2.05, 4.69) is 10.3 Å². The van der Waals surface area contributed by atoms with Gasteiger partial charge in [0.2, 0.25) is 5.88 Å². The first-order valence-electron chi connectivity index (χ1n) is 14.8. The maximum atomic E-state index is 13.8. The van der Waals surface area contributed by atoms with Crippen LogP contribution in [0.4, 0.5) is 4.79 Å². The molecule has 0 radical (unpaired) electrons. The predicted molar refractivity (Wildman–Crippen MR) is 161 cm³/mol. The number of fused-ring (bicyclic) bond motifs is 1. The van der Waals surface area contributed by atoms with Crippen molar-refractivity contribution in [1.82, 2.24) is 14.9 Å². The van der Waals surface area contributed by atoms with Gasteiger partial charge in [-0.25, -0.2) is 9.78 Å². The van der Waals surface area contributed by atoms with Crippen LogP contribution in [0.1, 0.15) is 53.6 Å². The van der Waals surface area contributed by atoms with Crippen LogP contribution in [0, 0.1) is 17.8 Å². The van der Waals surface area contributed by atoms with Crippen molar-refractivity contribution >= 4 is 23.1 Å². The van der Waals surface area contributed by atoms with Crippen LogP contribution in [-0.4, -0.2) is 40.3 Å². The van der Waals surface area contributed by atoms with Gasteiger partial charge in [-0.2, -0.15) is 0 Å². The fourth-order valence-corrected chi connectivity index (χ4v) is 7.98. The molecule has 4 aromatic rings. The number of para-hydroxylation sites is 1. The van der Waals surface area contributed by atoms with E-state index in [1.165, 1.54) is 7.11 Å². The number of nitrogens with one attached hydrogen (secondary N) is 1. The number of pyridine rings is 2. The van der Waals surface area contributed by atoms with Crippen molar-refractivity contribution in [3.8, 4) is 11.6 Å². The SMILES string of the molecule is COC(=O)Oc1c(Cc2ccc(C(=O)NC3[C@@H]4CC5C[C@H]3CC(N)(C5)C4)cc2)c(=O)c2cccnc2n1-c1ccccc1. The lowest BCUT2D eigenvalue weighted by molar-refractivity contribution is -0.0278. The molecule has 43 heavy (non-hydrogen) atoms. The van der Waals surface area contributed by atoms with Crippen molar-refractivity contribution in [1.29, 1.82) is 0 Å². The van der Waals surface area contributed by atoms with Gasteiger partial charge in [0.25, 0.3) is 5.91 Å². The number of methoxy groups -OCH3 is 1. The molecule has 2 aromatic heterocycles. The Hall–Kier alpha value is -4.50. The lowest BCUT2D eigenvalue weighted by Crippen LogP contribution is -2.64. The number of rotatable bonds is 6. The second kappa shape index (κ2) is 10.6. The molecule has 0 saturated heterocycles. The molecule has 9 heteroatoms. The van der Waals surface area contributed by atoms with Gasteiger partial charge < -0.3 is 20.5 Å². The monoisotopic (exact) mass is 578 g/mol. The smallest absolute Gasteiger partial charge is 0.437 e. The molecular formula is C34H34N4O5. The normalized spacial score (nSPS) is 25.4. The molecule has 9 nitrogen and oxygen atoms in total. The van der Waals surface area contributed by atoms with Gasteiger partial charge in [-0.1, -0.05) is 30.3 Å². The van der Waals surface area contributed by atoms with Gasteiger partial charge in [0, 0.05) is 29.8 Å². The molecule has 2 heterocycles. The molecule has 8 rings (SSSR count). The van der Waals surface area contributed by atoms with Gasteiger partial charge in [-0.05, 0) is 91.8 Å². The Kier molecular flexibility index (Phi) is 6.77. The summed E-state index contributed by atoms with van der Waals surface area (Å²) >= 11 is 0. The van der Waals surface area contributed by atoms with E-state index in [0.717, 1.165) is 37.7 Å². The van der Waals surface area contributed by atoms with Gasteiger partial charge in [0.15, 0.2) is 11.1 Å². The van der Waals surface area contributed by atoms with Crippen LogP contribution < -0.4 is 21.2 Å². The van der Waals surface area contributed by atoms with Crippen molar-refractivity contribution in [3.63, 3.8) is 0 Å². The minimum absolute atomic E-state index is 0.0376.